The summed E-state index contributed by atoms with van der Waals surface area (Å²) >= 11 is 0. The molecule has 0 aliphatic rings. The highest BCUT2D eigenvalue weighted by Gasteiger charge is 2.34. The number of benzene rings is 1. The van der Waals surface area contributed by atoms with Gasteiger partial charge in [0.15, 0.2) is 0 Å². The number of halogens is 4. The summed E-state index contributed by atoms with van der Waals surface area (Å²) in [5, 5.41) is 4.11. The van der Waals surface area contributed by atoms with Crippen LogP contribution in [-0.4, -0.2) is 9.78 Å². The van der Waals surface area contributed by atoms with Gasteiger partial charge >= 0.3 is 6.18 Å². The molecule has 2 N–H and O–H groups in total. The first kappa shape index (κ1) is 14.5. The summed E-state index contributed by atoms with van der Waals surface area (Å²) in [6.07, 6.45) is -2.73. The summed E-state index contributed by atoms with van der Waals surface area (Å²) in [6.45, 7) is 0. The first-order chi connectivity index (χ1) is 9.27. The van der Waals surface area contributed by atoms with E-state index in [0.717, 1.165) is 12.1 Å². The van der Waals surface area contributed by atoms with Gasteiger partial charge in [-0.05, 0) is 23.8 Å². The Morgan fingerprint density at radius 1 is 1.30 bits per heavy atom. The van der Waals surface area contributed by atoms with Gasteiger partial charge in [0.25, 0.3) is 0 Å². The standard InChI is InChI=1S/C13H13F4N3/c1-20-5-4-9(19-20)7-12(18)8-2-3-11(14)10(6-8)13(15,16)17/h2-6,12H,7,18H2,1H3. The molecule has 2 rings (SSSR count). The van der Waals surface area contributed by atoms with E-state index in [1.807, 2.05) is 0 Å². The second-order valence-corrected chi connectivity index (χ2v) is 4.53. The first-order valence-corrected chi connectivity index (χ1v) is 5.88. The van der Waals surface area contributed by atoms with Crippen molar-refractivity contribution < 1.29 is 17.6 Å². The third kappa shape index (κ3) is 3.16. The minimum absolute atomic E-state index is 0.226. The summed E-state index contributed by atoms with van der Waals surface area (Å²) < 4.78 is 52.6. The summed E-state index contributed by atoms with van der Waals surface area (Å²) in [5.74, 6) is -1.30. The fourth-order valence-corrected chi connectivity index (χ4v) is 1.91. The van der Waals surface area contributed by atoms with E-state index in [1.165, 1.54) is 6.07 Å². The van der Waals surface area contributed by atoms with Crippen LogP contribution in [0.3, 0.4) is 0 Å². The molecule has 108 valence electrons. The summed E-state index contributed by atoms with van der Waals surface area (Å²) in [7, 11) is 1.73. The predicted molar refractivity (Wildman–Crippen MR) is 65.2 cm³/mol. The van der Waals surface area contributed by atoms with Crippen LogP contribution in [-0.2, 0) is 19.6 Å². The molecule has 0 saturated heterocycles. The van der Waals surface area contributed by atoms with Crippen LogP contribution in [0, 0.1) is 5.82 Å². The molecule has 0 aliphatic heterocycles. The van der Waals surface area contributed by atoms with E-state index in [0.29, 0.717) is 5.69 Å². The van der Waals surface area contributed by atoms with Crippen molar-refractivity contribution >= 4 is 0 Å². The van der Waals surface area contributed by atoms with Crippen LogP contribution in [0.15, 0.2) is 30.5 Å². The fourth-order valence-electron chi connectivity index (χ4n) is 1.91. The van der Waals surface area contributed by atoms with Crippen LogP contribution in [0.5, 0.6) is 0 Å². The Labute approximate surface area is 113 Å². The van der Waals surface area contributed by atoms with Gasteiger partial charge in [-0.2, -0.15) is 18.3 Å². The summed E-state index contributed by atoms with van der Waals surface area (Å²) in [4.78, 5) is 0. The maximum Gasteiger partial charge on any atom is 0.419 e. The normalized spacial score (nSPS) is 13.5. The lowest BCUT2D eigenvalue weighted by Crippen LogP contribution is -2.16. The van der Waals surface area contributed by atoms with Crippen molar-refractivity contribution in [3.05, 3.63) is 53.1 Å². The third-order valence-corrected chi connectivity index (χ3v) is 2.92. The fraction of sp³-hybridized carbons (Fsp3) is 0.308. The van der Waals surface area contributed by atoms with Crippen molar-refractivity contribution in [2.75, 3.05) is 0 Å². The van der Waals surface area contributed by atoms with E-state index in [2.05, 4.69) is 5.10 Å². The number of aromatic nitrogens is 2. The molecule has 0 radical (unpaired) electrons. The average molecular weight is 287 g/mol. The minimum Gasteiger partial charge on any atom is -0.324 e. The van der Waals surface area contributed by atoms with Crippen LogP contribution in [0.1, 0.15) is 22.9 Å². The van der Waals surface area contributed by atoms with Gasteiger partial charge in [0.2, 0.25) is 0 Å². The van der Waals surface area contributed by atoms with Crippen LogP contribution in [0.4, 0.5) is 17.6 Å². The van der Waals surface area contributed by atoms with Crippen LogP contribution in [0.25, 0.3) is 0 Å². The molecule has 1 unspecified atom stereocenters. The molecule has 0 amide bonds. The van der Waals surface area contributed by atoms with Crippen molar-refractivity contribution in [3.63, 3.8) is 0 Å². The van der Waals surface area contributed by atoms with Gasteiger partial charge in [-0.1, -0.05) is 6.07 Å². The van der Waals surface area contributed by atoms with E-state index in [-0.39, 0.29) is 12.0 Å². The van der Waals surface area contributed by atoms with Crippen LogP contribution in [0.2, 0.25) is 0 Å². The van der Waals surface area contributed by atoms with Gasteiger partial charge in [0.05, 0.1) is 11.3 Å². The monoisotopic (exact) mass is 287 g/mol. The summed E-state index contributed by atoms with van der Waals surface area (Å²) in [5.41, 5.74) is 5.45. The molecule has 1 atom stereocenters. The van der Waals surface area contributed by atoms with Gasteiger partial charge in [0, 0.05) is 25.7 Å². The molecular formula is C13H13F4N3. The molecule has 0 saturated carbocycles. The second kappa shape index (κ2) is 5.24. The molecule has 0 spiro atoms. The number of nitrogens with two attached hydrogens (primary N) is 1. The van der Waals surface area contributed by atoms with Crippen molar-refractivity contribution in [2.45, 2.75) is 18.6 Å². The third-order valence-electron chi connectivity index (χ3n) is 2.92. The lowest BCUT2D eigenvalue weighted by Gasteiger charge is -2.14. The quantitative estimate of drug-likeness (QED) is 0.882. The maximum absolute atomic E-state index is 13.2. The highest BCUT2D eigenvalue weighted by Crippen LogP contribution is 2.33. The molecular weight excluding hydrogens is 274 g/mol. The molecule has 1 heterocycles. The van der Waals surface area contributed by atoms with E-state index in [4.69, 9.17) is 5.73 Å². The number of alkyl halides is 3. The number of hydrogen-bond donors (Lipinski definition) is 1. The van der Waals surface area contributed by atoms with Crippen LogP contribution >= 0.6 is 0 Å². The molecule has 0 bridgehead atoms. The van der Waals surface area contributed by atoms with E-state index >= 15 is 0 Å². The smallest absolute Gasteiger partial charge is 0.324 e. The Kier molecular flexibility index (Phi) is 3.80. The van der Waals surface area contributed by atoms with Crippen molar-refractivity contribution in [1.29, 1.82) is 0 Å². The highest BCUT2D eigenvalue weighted by molar-refractivity contribution is 5.30. The average Bonchev–Trinajstić information content (AvgIpc) is 2.73. The zero-order valence-electron chi connectivity index (χ0n) is 10.7. The highest BCUT2D eigenvalue weighted by atomic mass is 19.4. The topological polar surface area (TPSA) is 43.8 Å². The van der Waals surface area contributed by atoms with Gasteiger partial charge in [0.1, 0.15) is 5.82 Å². The Morgan fingerprint density at radius 3 is 2.55 bits per heavy atom. The minimum atomic E-state index is -4.73. The van der Waals surface area contributed by atoms with Crippen molar-refractivity contribution in [3.8, 4) is 0 Å². The molecule has 1 aromatic carbocycles. The second-order valence-electron chi connectivity index (χ2n) is 4.53. The van der Waals surface area contributed by atoms with Gasteiger partial charge < -0.3 is 5.73 Å². The maximum atomic E-state index is 13.2. The Morgan fingerprint density at radius 2 is 2.00 bits per heavy atom. The SMILES string of the molecule is Cn1ccc(CC(N)c2ccc(F)c(C(F)(F)F)c2)n1. The number of rotatable bonds is 3. The van der Waals surface area contributed by atoms with Gasteiger partial charge in [-0.3, -0.25) is 4.68 Å². The Hall–Kier alpha value is -1.89. The number of hydrogen-bond acceptors (Lipinski definition) is 2. The first-order valence-electron chi connectivity index (χ1n) is 5.88. The van der Waals surface area contributed by atoms with Crippen molar-refractivity contribution in [1.82, 2.24) is 9.78 Å². The molecule has 7 heteroatoms. The lowest BCUT2D eigenvalue weighted by molar-refractivity contribution is -0.140. The largest absolute Gasteiger partial charge is 0.419 e. The van der Waals surface area contributed by atoms with Gasteiger partial charge in [-0.25, -0.2) is 4.39 Å². The van der Waals surface area contributed by atoms with E-state index in [9.17, 15) is 17.6 Å². The van der Waals surface area contributed by atoms with E-state index in [1.54, 1.807) is 24.0 Å². The number of aryl methyl sites for hydroxylation is 1. The molecule has 0 aliphatic carbocycles. The summed E-state index contributed by atoms with van der Waals surface area (Å²) in [6, 6.07) is 3.86. The zero-order chi connectivity index (χ0) is 14.9. The lowest BCUT2D eigenvalue weighted by atomic mass is 10.0. The van der Waals surface area contributed by atoms with Gasteiger partial charge in [-0.15, -0.1) is 0 Å². The molecule has 1 aromatic heterocycles. The molecule has 0 fully saturated rings. The Bertz CT molecular complexity index is 604. The molecule has 2 aromatic rings. The zero-order valence-corrected chi connectivity index (χ0v) is 10.7. The van der Waals surface area contributed by atoms with Crippen molar-refractivity contribution in [2.24, 2.45) is 12.8 Å². The number of nitrogens with zero attached hydrogens (tertiary/aromatic N) is 2. The van der Waals surface area contributed by atoms with E-state index < -0.39 is 23.6 Å². The molecule has 3 nitrogen and oxygen atoms in total. The Balaban J connectivity index is 2.24. The molecule has 20 heavy (non-hydrogen) atoms. The van der Waals surface area contributed by atoms with Crippen LogP contribution < -0.4 is 5.73 Å². The predicted octanol–water partition coefficient (Wildman–Crippen LogP) is 2.82.